The Bertz CT molecular complexity index is 913. The number of pyridine rings is 1. The average Bonchev–Trinajstić information content (AvgIpc) is 2.77. The first-order chi connectivity index (χ1) is 13.8. The standard InChI is InChI=1S/C24H26N2O2/c1-27-22-16-19-11-14-26(15-12-20-10-6-7-13-25-20)24(18-8-4-3-5-9-18)21(19)17-23(22)28-2/h3-10,13,16-17,24H,11-12,14-15H2,1-2H3. The van der Waals surface area contributed by atoms with Gasteiger partial charge in [-0.3, -0.25) is 9.88 Å². The van der Waals surface area contributed by atoms with Crippen molar-refractivity contribution >= 4 is 0 Å². The molecule has 0 saturated heterocycles. The van der Waals surface area contributed by atoms with Crippen molar-refractivity contribution in [1.82, 2.24) is 9.88 Å². The van der Waals surface area contributed by atoms with E-state index >= 15 is 0 Å². The number of nitrogens with zero attached hydrogens (tertiary/aromatic N) is 2. The van der Waals surface area contributed by atoms with Crippen LogP contribution < -0.4 is 9.47 Å². The van der Waals surface area contributed by atoms with E-state index in [4.69, 9.17) is 9.47 Å². The number of aromatic nitrogens is 1. The fraction of sp³-hybridized carbons (Fsp3) is 0.292. The summed E-state index contributed by atoms with van der Waals surface area (Å²) in [7, 11) is 3.39. The van der Waals surface area contributed by atoms with Crippen LogP contribution in [0, 0.1) is 0 Å². The maximum atomic E-state index is 5.60. The first kappa shape index (κ1) is 18.5. The topological polar surface area (TPSA) is 34.6 Å². The number of hydrogen-bond donors (Lipinski definition) is 0. The molecule has 0 radical (unpaired) electrons. The van der Waals surface area contributed by atoms with Crippen LogP contribution in [0.2, 0.25) is 0 Å². The average molecular weight is 374 g/mol. The van der Waals surface area contributed by atoms with Crippen LogP contribution >= 0.6 is 0 Å². The molecule has 1 unspecified atom stereocenters. The zero-order chi connectivity index (χ0) is 19.3. The van der Waals surface area contributed by atoms with Crippen molar-refractivity contribution in [2.45, 2.75) is 18.9 Å². The Hall–Kier alpha value is -2.85. The third-order valence-electron chi connectivity index (χ3n) is 5.47. The van der Waals surface area contributed by atoms with E-state index in [1.807, 2.05) is 12.3 Å². The Labute approximate surface area is 166 Å². The van der Waals surface area contributed by atoms with Crippen LogP contribution in [-0.2, 0) is 12.8 Å². The molecule has 4 nitrogen and oxygen atoms in total. The summed E-state index contributed by atoms with van der Waals surface area (Å²) < 4.78 is 11.1. The summed E-state index contributed by atoms with van der Waals surface area (Å²) in [5.74, 6) is 1.59. The van der Waals surface area contributed by atoms with Crippen LogP contribution in [0.3, 0.4) is 0 Å². The molecule has 2 heterocycles. The molecular formula is C24H26N2O2. The number of fused-ring (bicyclic) bond motifs is 1. The summed E-state index contributed by atoms with van der Waals surface area (Å²) in [6.45, 7) is 1.97. The van der Waals surface area contributed by atoms with E-state index in [1.54, 1.807) is 14.2 Å². The van der Waals surface area contributed by atoms with Gasteiger partial charge >= 0.3 is 0 Å². The van der Waals surface area contributed by atoms with Crippen LogP contribution in [0.4, 0.5) is 0 Å². The molecule has 0 saturated carbocycles. The van der Waals surface area contributed by atoms with Crippen molar-refractivity contribution in [1.29, 1.82) is 0 Å². The van der Waals surface area contributed by atoms with Gasteiger partial charge in [0.1, 0.15) is 0 Å². The quantitative estimate of drug-likeness (QED) is 0.645. The lowest BCUT2D eigenvalue weighted by Gasteiger charge is -2.38. The van der Waals surface area contributed by atoms with Gasteiger partial charge in [-0.25, -0.2) is 0 Å². The monoisotopic (exact) mass is 374 g/mol. The molecule has 1 aliphatic heterocycles. The second-order valence-corrected chi connectivity index (χ2v) is 7.08. The number of benzene rings is 2. The van der Waals surface area contributed by atoms with Gasteiger partial charge in [-0.15, -0.1) is 0 Å². The molecule has 0 N–H and O–H groups in total. The minimum atomic E-state index is 0.202. The molecule has 0 spiro atoms. The highest BCUT2D eigenvalue weighted by molar-refractivity contribution is 5.51. The molecule has 144 valence electrons. The van der Waals surface area contributed by atoms with E-state index < -0.39 is 0 Å². The van der Waals surface area contributed by atoms with Crippen molar-refractivity contribution in [2.75, 3.05) is 27.3 Å². The normalized spacial score (nSPS) is 16.4. The van der Waals surface area contributed by atoms with Gasteiger partial charge in [0.05, 0.1) is 20.3 Å². The lowest BCUT2D eigenvalue weighted by atomic mass is 9.87. The van der Waals surface area contributed by atoms with E-state index in [9.17, 15) is 0 Å². The maximum Gasteiger partial charge on any atom is 0.161 e. The molecule has 4 rings (SSSR count). The highest BCUT2D eigenvalue weighted by atomic mass is 16.5. The molecule has 0 aliphatic carbocycles. The minimum Gasteiger partial charge on any atom is -0.493 e. The van der Waals surface area contributed by atoms with Crippen LogP contribution in [0.5, 0.6) is 11.5 Å². The Balaban J connectivity index is 1.70. The lowest BCUT2D eigenvalue weighted by molar-refractivity contribution is 0.214. The first-order valence-corrected chi connectivity index (χ1v) is 9.74. The maximum absolute atomic E-state index is 5.60. The van der Waals surface area contributed by atoms with E-state index in [0.717, 1.165) is 43.1 Å². The van der Waals surface area contributed by atoms with Gasteiger partial charge in [-0.1, -0.05) is 36.4 Å². The lowest BCUT2D eigenvalue weighted by Crippen LogP contribution is -2.37. The highest BCUT2D eigenvalue weighted by Crippen LogP contribution is 2.40. The summed E-state index contributed by atoms with van der Waals surface area (Å²) in [5, 5.41) is 0. The molecule has 3 aromatic rings. The molecule has 1 aliphatic rings. The van der Waals surface area contributed by atoms with Gasteiger partial charge in [0.25, 0.3) is 0 Å². The zero-order valence-corrected chi connectivity index (χ0v) is 16.5. The molecule has 2 aromatic carbocycles. The fourth-order valence-corrected chi connectivity index (χ4v) is 4.07. The third kappa shape index (κ3) is 3.73. The molecule has 28 heavy (non-hydrogen) atoms. The van der Waals surface area contributed by atoms with Crippen molar-refractivity contribution in [3.63, 3.8) is 0 Å². The highest BCUT2D eigenvalue weighted by Gasteiger charge is 2.30. The second-order valence-electron chi connectivity index (χ2n) is 7.08. The van der Waals surface area contributed by atoms with Gasteiger partial charge in [-0.2, -0.15) is 0 Å². The molecular weight excluding hydrogens is 348 g/mol. The number of ether oxygens (including phenoxy) is 2. The predicted octanol–water partition coefficient (Wildman–Crippen LogP) is 4.29. The van der Waals surface area contributed by atoms with Gasteiger partial charge in [-0.05, 0) is 47.4 Å². The summed E-state index contributed by atoms with van der Waals surface area (Å²) in [4.78, 5) is 7.05. The number of hydrogen-bond acceptors (Lipinski definition) is 4. The van der Waals surface area contributed by atoms with Crippen molar-refractivity contribution in [3.8, 4) is 11.5 Å². The SMILES string of the molecule is COc1cc2c(cc1OC)C(c1ccccc1)N(CCc1ccccn1)CC2. The van der Waals surface area contributed by atoms with E-state index in [-0.39, 0.29) is 6.04 Å². The van der Waals surface area contributed by atoms with Crippen LogP contribution in [0.25, 0.3) is 0 Å². The second kappa shape index (κ2) is 8.44. The first-order valence-electron chi connectivity index (χ1n) is 9.74. The predicted molar refractivity (Wildman–Crippen MR) is 111 cm³/mol. The van der Waals surface area contributed by atoms with Crippen molar-refractivity contribution in [3.05, 3.63) is 89.2 Å². The molecule has 1 atom stereocenters. The zero-order valence-electron chi connectivity index (χ0n) is 16.5. The van der Waals surface area contributed by atoms with Crippen molar-refractivity contribution < 1.29 is 9.47 Å². The summed E-state index contributed by atoms with van der Waals surface area (Å²) >= 11 is 0. The number of rotatable bonds is 6. The van der Waals surface area contributed by atoms with Gasteiger partial charge in [0.15, 0.2) is 11.5 Å². The Morgan fingerprint density at radius 2 is 1.71 bits per heavy atom. The number of methoxy groups -OCH3 is 2. The smallest absolute Gasteiger partial charge is 0.161 e. The molecule has 0 amide bonds. The third-order valence-corrected chi connectivity index (χ3v) is 5.47. The summed E-state index contributed by atoms with van der Waals surface area (Å²) in [6, 6.07) is 21.3. The van der Waals surface area contributed by atoms with E-state index in [0.29, 0.717) is 0 Å². The minimum absolute atomic E-state index is 0.202. The fourth-order valence-electron chi connectivity index (χ4n) is 4.07. The Morgan fingerprint density at radius 1 is 0.964 bits per heavy atom. The van der Waals surface area contributed by atoms with E-state index in [2.05, 4.69) is 64.5 Å². The summed E-state index contributed by atoms with van der Waals surface area (Å²) in [5.41, 5.74) is 5.07. The molecule has 4 heteroatoms. The van der Waals surface area contributed by atoms with Crippen LogP contribution in [-0.4, -0.2) is 37.2 Å². The van der Waals surface area contributed by atoms with Crippen LogP contribution in [0.1, 0.15) is 28.4 Å². The molecule has 0 bridgehead atoms. The molecule has 1 aromatic heterocycles. The molecule has 0 fully saturated rings. The van der Waals surface area contributed by atoms with Gasteiger partial charge in [0, 0.05) is 31.4 Å². The van der Waals surface area contributed by atoms with Crippen molar-refractivity contribution in [2.24, 2.45) is 0 Å². The van der Waals surface area contributed by atoms with E-state index in [1.165, 1.54) is 16.7 Å². The van der Waals surface area contributed by atoms with Crippen LogP contribution in [0.15, 0.2) is 66.9 Å². The largest absolute Gasteiger partial charge is 0.493 e. The Kier molecular flexibility index (Phi) is 5.58. The summed E-state index contributed by atoms with van der Waals surface area (Å²) in [6.07, 6.45) is 3.81. The van der Waals surface area contributed by atoms with Gasteiger partial charge in [0.2, 0.25) is 0 Å². The van der Waals surface area contributed by atoms with Gasteiger partial charge < -0.3 is 9.47 Å². The Morgan fingerprint density at radius 3 is 2.43 bits per heavy atom.